The molecule has 1 aromatic rings. The number of aryl methyl sites for hydroxylation is 1. The maximum Gasteiger partial charge on any atom is 0.175 e. The zero-order chi connectivity index (χ0) is 13.6. The first-order chi connectivity index (χ1) is 8.94. The van der Waals surface area contributed by atoms with Crippen LogP contribution in [0.1, 0.15) is 24.0 Å². The highest BCUT2D eigenvalue weighted by atomic mass is 16.5. The predicted octanol–water partition coefficient (Wildman–Crippen LogP) is 0.827. The van der Waals surface area contributed by atoms with Crippen molar-refractivity contribution < 1.29 is 19.7 Å². The normalized spacial score (nSPS) is 38.3. The summed E-state index contributed by atoms with van der Waals surface area (Å²) in [4.78, 5) is 12.1. The Kier molecular flexibility index (Phi) is 1.63. The molecule has 0 aromatic heterocycles. The number of phenolic OH excluding ortho intramolecular Hbond substituents is 1. The average Bonchev–Trinajstić information content (AvgIpc) is 2.75. The lowest BCUT2D eigenvalue weighted by Crippen LogP contribution is -2.45. The molecule has 1 spiro atoms. The third-order valence-corrected chi connectivity index (χ3v) is 4.79. The maximum absolute atomic E-state index is 12.1. The highest BCUT2D eigenvalue weighted by Crippen LogP contribution is 2.68. The monoisotopic (exact) mass is 259 g/mol. The second-order valence-electron chi connectivity index (χ2n) is 5.61. The van der Waals surface area contributed by atoms with E-state index in [1.54, 1.807) is 6.07 Å². The molecule has 3 unspecified atom stereocenters. The predicted molar refractivity (Wildman–Crippen MR) is 65.9 cm³/mol. The van der Waals surface area contributed by atoms with Gasteiger partial charge >= 0.3 is 0 Å². The largest absolute Gasteiger partial charge is 0.504 e. The van der Waals surface area contributed by atoms with Gasteiger partial charge in [0, 0.05) is 12.0 Å². The summed E-state index contributed by atoms with van der Waals surface area (Å²) in [5.74, 6) is 0.0991. The van der Waals surface area contributed by atoms with Crippen molar-refractivity contribution in [3.8, 4) is 11.5 Å². The summed E-state index contributed by atoms with van der Waals surface area (Å²) in [6.07, 6.45) is -0.390. The molecule has 1 heterocycles. The lowest BCUT2D eigenvalue weighted by Gasteiger charge is -2.25. The number of benzene rings is 1. The Morgan fingerprint density at radius 1 is 1.47 bits per heavy atom. The molecule has 4 rings (SSSR count). The van der Waals surface area contributed by atoms with Crippen LogP contribution in [0.15, 0.2) is 12.1 Å². The molecule has 0 bridgehead atoms. The highest BCUT2D eigenvalue weighted by molar-refractivity contribution is 6.24. The third kappa shape index (κ3) is 0.889. The molecule has 2 aliphatic carbocycles. The van der Waals surface area contributed by atoms with Crippen molar-refractivity contribution >= 4 is 11.5 Å². The van der Waals surface area contributed by atoms with Crippen LogP contribution in [-0.4, -0.2) is 33.4 Å². The van der Waals surface area contributed by atoms with E-state index < -0.39 is 17.1 Å². The van der Waals surface area contributed by atoms with Gasteiger partial charge < -0.3 is 20.4 Å². The van der Waals surface area contributed by atoms with E-state index in [-0.39, 0.29) is 35.8 Å². The molecule has 5 heteroatoms. The number of phenols is 1. The molecule has 0 radical (unpaired) electrons. The van der Waals surface area contributed by atoms with Crippen molar-refractivity contribution in [1.82, 2.24) is 0 Å². The Balaban J connectivity index is 2.06. The van der Waals surface area contributed by atoms with Gasteiger partial charge in [0.25, 0.3) is 0 Å². The van der Waals surface area contributed by atoms with E-state index in [0.717, 1.165) is 5.56 Å². The molecule has 0 saturated heterocycles. The van der Waals surface area contributed by atoms with E-state index >= 15 is 0 Å². The summed E-state index contributed by atoms with van der Waals surface area (Å²) in [6.45, 7) is 1.84. The third-order valence-electron chi connectivity index (χ3n) is 4.79. The summed E-state index contributed by atoms with van der Waals surface area (Å²) in [5.41, 5.74) is -0.761. The molecule has 1 aliphatic heterocycles. The van der Waals surface area contributed by atoms with Gasteiger partial charge in [-0.05, 0) is 25.0 Å². The topological polar surface area (TPSA) is 90.6 Å². The van der Waals surface area contributed by atoms with Crippen LogP contribution in [0, 0.1) is 12.3 Å². The molecule has 3 atom stereocenters. The maximum atomic E-state index is 12.1. The molecule has 0 amide bonds. The van der Waals surface area contributed by atoms with Crippen LogP contribution in [0.4, 0.5) is 0 Å². The number of ketones is 1. The van der Waals surface area contributed by atoms with Crippen molar-refractivity contribution in [2.75, 3.05) is 0 Å². The smallest absolute Gasteiger partial charge is 0.175 e. The number of ether oxygens (including phenoxy) is 1. The van der Waals surface area contributed by atoms with Crippen LogP contribution in [0.25, 0.3) is 0 Å². The quantitative estimate of drug-likeness (QED) is 0.643. The van der Waals surface area contributed by atoms with Gasteiger partial charge in [0.05, 0.1) is 5.71 Å². The van der Waals surface area contributed by atoms with E-state index in [4.69, 9.17) is 10.1 Å². The van der Waals surface area contributed by atoms with Crippen molar-refractivity contribution in [1.29, 1.82) is 5.41 Å². The average molecular weight is 259 g/mol. The standard InChI is InChI=1S/C14H13NO4/c1-6-2-3-7(16)10-9(6)14-11(19-10)8(17)4-5-13(14,18)12(14)15/h2-3,11,15-16,18H,4-5H2,1H3. The summed E-state index contributed by atoms with van der Waals surface area (Å²) in [6, 6.07) is 3.23. The minimum atomic E-state index is -1.28. The molecule has 5 nitrogen and oxygen atoms in total. The summed E-state index contributed by atoms with van der Waals surface area (Å²) in [5, 5.41) is 28.6. The van der Waals surface area contributed by atoms with E-state index in [9.17, 15) is 15.0 Å². The number of rotatable bonds is 0. The molecule has 3 aliphatic rings. The fraction of sp³-hybridized carbons (Fsp3) is 0.429. The molecule has 98 valence electrons. The van der Waals surface area contributed by atoms with Gasteiger partial charge in [0.2, 0.25) is 0 Å². The minimum absolute atomic E-state index is 0.0424. The number of hydrogen-bond donors (Lipinski definition) is 3. The number of nitrogens with one attached hydrogen (secondary N) is 1. The number of hydrogen-bond acceptors (Lipinski definition) is 5. The zero-order valence-electron chi connectivity index (χ0n) is 10.4. The van der Waals surface area contributed by atoms with Crippen LogP contribution in [-0.2, 0) is 10.2 Å². The SMILES string of the molecule is Cc1ccc(O)c2c1C13C(=N)C1(O)CCC(=O)C3O2. The Labute approximate surface area is 109 Å². The molecule has 1 aromatic carbocycles. The number of carbonyl (C=O) groups is 1. The molecule has 3 N–H and O–H groups in total. The highest BCUT2D eigenvalue weighted by Gasteiger charge is 2.84. The first-order valence-corrected chi connectivity index (χ1v) is 6.29. The van der Waals surface area contributed by atoms with Crippen molar-refractivity contribution in [3.63, 3.8) is 0 Å². The number of aliphatic hydroxyl groups is 1. The Morgan fingerprint density at radius 3 is 2.95 bits per heavy atom. The van der Waals surface area contributed by atoms with Crippen LogP contribution < -0.4 is 4.74 Å². The van der Waals surface area contributed by atoms with E-state index in [1.807, 2.05) is 6.92 Å². The summed E-state index contributed by atoms with van der Waals surface area (Å²) >= 11 is 0. The lowest BCUT2D eigenvalue weighted by molar-refractivity contribution is -0.131. The van der Waals surface area contributed by atoms with E-state index in [2.05, 4.69) is 0 Å². The van der Waals surface area contributed by atoms with E-state index in [0.29, 0.717) is 5.56 Å². The number of Topliss-reactive ketones (excluding diaryl/α,β-unsaturated/α-hetero) is 1. The Bertz CT molecular complexity index is 668. The molecule has 19 heavy (non-hydrogen) atoms. The van der Waals surface area contributed by atoms with Gasteiger partial charge in [-0.2, -0.15) is 0 Å². The van der Waals surface area contributed by atoms with Gasteiger partial charge in [-0.25, -0.2) is 0 Å². The first-order valence-electron chi connectivity index (χ1n) is 6.29. The zero-order valence-corrected chi connectivity index (χ0v) is 10.4. The van der Waals surface area contributed by atoms with Crippen molar-refractivity contribution in [2.24, 2.45) is 0 Å². The minimum Gasteiger partial charge on any atom is -0.504 e. The van der Waals surface area contributed by atoms with Gasteiger partial charge in [-0.3, -0.25) is 4.79 Å². The van der Waals surface area contributed by atoms with Crippen molar-refractivity contribution in [3.05, 3.63) is 23.3 Å². The Hall–Kier alpha value is -1.88. The fourth-order valence-electron chi connectivity index (χ4n) is 3.83. The molecular weight excluding hydrogens is 246 g/mol. The van der Waals surface area contributed by atoms with Crippen LogP contribution in [0.3, 0.4) is 0 Å². The van der Waals surface area contributed by atoms with E-state index in [1.165, 1.54) is 6.07 Å². The summed E-state index contributed by atoms with van der Waals surface area (Å²) in [7, 11) is 0. The fourth-order valence-corrected chi connectivity index (χ4v) is 3.83. The second kappa shape index (κ2) is 2.82. The van der Waals surface area contributed by atoms with Crippen LogP contribution >= 0.6 is 0 Å². The second-order valence-corrected chi connectivity index (χ2v) is 5.61. The van der Waals surface area contributed by atoms with Crippen molar-refractivity contribution in [2.45, 2.75) is 36.9 Å². The van der Waals surface area contributed by atoms with Crippen LogP contribution in [0.2, 0.25) is 0 Å². The number of fused-ring (bicyclic) bond motifs is 1. The first kappa shape index (κ1) is 11.0. The number of aromatic hydroxyl groups is 1. The molecular formula is C14H13NO4. The van der Waals surface area contributed by atoms with Crippen LogP contribution in [0.5, 0.6) is 11.5 Å². The lowest BCUT2D eigenvalue weighted by atomic mass is 9.78. The Morgan fingerprint density at radius 2 is 2.21 bits per heavy atom. The molecule has 2 fully saturated rings. The molecule has 2 saturated carbocycles. The van der Waals surface area contributed by atoms with Gasteiger partial charge in [0.1, 0.15) is 11.0 Å². The van der Waals surface area contributed by atoms with Gasteiger partial charge in [0.15, 0.2) is 23.4 Å². The van der Waals surface area contributed by atoms with Gasteiger partial charge in [-0.15, -0.1) is 0 Å². The summed E-state index contributed by atoms with van der Waals surface area (Å²) < 4.78 is 5.61. The van der Waals surface area contributed by atoms with Gasteiger partial charge in [-0.1, -0.05) is 6.07 Å². The number of carbonyl (C=O) groups excluding carboxylic acids is 1.